The highest BCUT2D eigenvalue weighted by atomic mass is 19.3. The number of hydrogen-bond acceptors (Lipinski definition) is 3. The number of alkyl halides is 2. The van der Waals surface area contributed by atoms with Crippen LogP contribution in [0.25, 0.3) is 0 Å². The van der Waals surface area contributed by atoms with Crippen LogP contribution in [0.15, 0.2) is 0 Å². The number of nitrogens with one attached hydrogen (secondary N) is 2. The molecule has 1 amide bonds. The summed E-state index contributed by atoms with van der Waals surface area (Å²) in [5, 5.41) is 13.1. The molecule has 6 heteroatoms. The van der Waals surface area contributed by atoms with Gasteiger partial charge in [0.15, 0.2) is 0 Å². The molecule has 0 fully saturated rings. The number of carbonyl (C=O) groups excluding carboxylic acids is 1. The first-order valence-electron chi connectivity index (χ1n) is 4.34. The van der Waals surface area contributed by atoms with Crippen LogP contribution in [0.4, 0.5) is 8.78 Å². The van der Waals surface area contributed by atoms with Gasteiger partial charge in [0.25, 0.3) is 5.92 Å². The molecule has 0 aromatic carbocycles. The quantitative estimate of drug-likeness (QED) is 0.558. The molecule has 0 aromatic heterocycles. The summed E-state index contributed by atoms with van der Waals surface area (Å²) < 4.78 is 25.0. The minimum absolute atomic E-state index is 0.366. The van der Waals surface area contributed by atoms with Gasteiger partial charge in [0.2, 0.25) is 5.91 Å². The molecule has 0 spiro atoms. The third kappa shape index (κ3) is 5.08. The molecular formula is C8H16F2N2O2. The van der Waals surface area contributed by atoms with Crippen molar-refractivity contribution in [1.82, 2.24) is 10.6 Å². The van der Waals surface area contributed by atoms with Crippen LogP contribution >= 0.6 is 0 Å². The van der Waals surface area contributed by atoms with E-state index in [1.807, 2.05) is 0 Å². The van der Waals surface area contributed by atoms with Crippen molar-refractivity contribution in [2.24, 2.45) is 5.92 Å². The number of carbonyl (C=O) groups is 1. The molecule has 0 radical (unpaired) electrons. The number of amides is 1. The zero-order valence-corrected chi connectivity index (χ0v) is 8.31. The first kappa shape index (κ1) is 13.2. The van der Waals surface area contributed by atoms with Gasteiger partial charge in [-0.1, -0.05) is 6.92 Å². The van der Waals surface area contributed by atoms with E-state index in [2.05, 4.69) is 10.6 Å². The Morgan fingerprint density at radius 3 is 2.57 bits per heavy atom. The van der Waals surface area contributed by atoms with Crippen molar-refractivity contribution in [2.45, 2.75) is 12.8 Å². The Morgan fingerprint density at radius 1 is 1.57 bits per heavy atom. The second-order valence-corrected chi connectivity index (χ2v) is 3.19. The van der Waals surface area contributed by atoms with E-state index in [-0.39, 0.29) is 5.92 Å². The third-order valence-electron chi connectivity index (χ3n) is 1.71. The van der Waals surface area contributed by atoms with Gasteiger partial charge in [-0.3, -0.25) is 4.79 Å². The van der Waals surface area contributed by atoms with E-state index < -0.39 is 25.0 Å². The Labute approximate surface area is 81.7 Å². The number of aliphatic hydroxyl groups excluding tert-OH is 1. The van der Waals surface area contributed by atoms with Crippen LogP contribution in [0, 0.1) is 5.92 Å². The van der Waals surface area contributed by atoms with Crippen molar-refractivity contribution in [3.8, 4) is 0 Å². The van der Waals surface area contributed by atoms with Gasteiger partial charge in [-0.25, -0.2) is 8.78 Å². The summed E-state index contributed by atoms with van der Waals surface area (Å²) >= 11 is 0. The van der Waals surface area contributed by atoms with Gasteiger partial charge < -0.3 is 15.7 Å². The number of halogens is 2. The molecule has 0 saturated carbocycles. The molecule has 14 heavy (non-hydrogen) atoms. The summed E-state index contributed by atoms with van der Waals surface area (Å²) in [6, 6.07) is 0. The molecule has 0 bridgehead atoms. The topological polar surface area (TPSA) is 61.4 Å². The van der Waals surface area contributed by atoms with Gasteiger partial charge >= 0.3 is 0 Å². The second kappa shape index (κ2) is 5.87. The minimum atomic E-state index is -3.24. The molecule has 0 aliphatic rings. The van der Waals surface area contributed by atoms with Crippen LogP contribution in [0.1, 0.15) is 6.92 Å². The first-order valence-corrected chi connectivity index (χ1v) is 4.34. The average Bonchev–Trinajstić information content (AvgIpc) is 2.15. The molecule has 0 saturated heterocycles. The predicted molar refractivity (Wildman–Crippen MR) is 48.1 cm³/mol. The Kier molecular flexibility index (Phi) is 5.56. The predicted octanol–water partition coefficient (Wildman–Crippen LogP) is -0.414. The summed E-state index contributed by atoms with van der Waals surface area (Å²) in [4.78, 5) is 11.1. The Morgan fingerprint density at radius 2 is 2.14 bits per heavy atom. The number of aliphatic hydroxyl groups is 1. The van der Waals surface area contributed by atoms with Crippen molar-refractivity contribution in [3.63, 3.8) is 0 Å². The van der Waals surface area contributed by atoms with E-state index in [4.69, 9.17) is 5.11 Å². The summed E-state index contributed by atoms with van der Waals surface area (Å²) in [5.41, 5.74) is 0. The standard InChI is InChI=1S/C8H16F2N2O2/c1-6(3-11-2)7(14)12-4-8(9,10)5-13/h6,11,13H,3-5H2,1-2H3,(H,12,14). The lowest BCUT2D eigenvalue weighted by Gasteiger charge is -2.16. The molecule has 0 rings (SSSR count). The molecule has 84 valence electrons. The van der Waals surface area contributed by atoms with Crippen molar-refractivity contribution in [1.29, 1.82) is 0 Å². The zero-order chi connectivity index (χ0) is 11.2. The zero-order valence-electron chi connectivity index (χ0n) is 8.31. The summed E-state index contributed by atoms with van der Waals surface area (Å²) in [6.45, 7) is -0.0243. The van der Waals surface area contributed by atoms with Crippen molar-refractivity contribution >= 4 is 5.91 Å². The van der Waals surface area contributed by atoms with Crippen LogP contribution in [0.3, 0.4) is 0 Å². The maximum Gasteiger partial charge on any atom is 0.287 e. The summed E-state index contributed by atoms with van der Waals surface area (Å²) in [6.07, 6.45) is 0. The van der Waals surface area contributed by atoms with E-state index >= 15 is 0 Å². The number of rotatable bonds is 6. The van der Waals surface area contributed by atoms with Crippen molar-refractivity contribution < 1.29 is 18.7 Å². The van der Waals surface area contributed by atoms with E-state index in [0.29, 0.717) is 6.54 Å². The van der Waals surface area contributed by atoms with Crippen LogP contribution in [0.5, 0.6) is 0 Å². The van der Waals surface area contributed by atoms with E-state index in [0.717, 1.165) is 0 Å². The van der Waals surface area contributed by atoms with E-state index in [1.54, 1.807) is 14.0 Å². The van der Waals surface area contributed by atoms with Crippen molar-refractivity contribution in [3.05, 3.63) is 0 Å². The lowest BCUT2D eigenvalue weighted by atomic mass is 10.1. The number of hydrogen-bond donors (Lipinski definition) is 3. The van der Waals surface area contributed by atoms with Gasteiger partial charge in [-0.05, 0) is 7.05 Å². The molecule has 4 nitrogen and oxygen atoms in total. The van der Waals surface area contributed by atoms with Gasteiger partial charge in [0.05, 0.1) is 6.54 Å². The Bertz CT molecular complexity index is 188. The highest BCUT2D eigenvalue weighted by Gasteiger charge is 2.28. The monoisotopic (exact) mass is 210 g/mol. The Hall–Kier alpha value is -0.750. The van der Waals surface area contributed by atoms with Crippen LogP contribution < -0.4 is 10.6 Å². The van der Waals surface area contributed by atoms with Gasteiger partial charge in [-0.2, -0.15) is 0 Å². The third-order valence-corrected chi connectivity index (χ3v) is 1.71. The van der Waals surface area contributed by atoms with E-state index in [1.165, 1.54) is 0 Å². The smallest absolute Gasteiger partial charge is 0.287 e. The molecule has 1 unspecified atom stereocenters. The maximum absolute atomic E-state index is 12.5. The molecule has 3 N–H and O–H groups in total. The van der Waals surface area contributed by atoms with E-state index in [9.17, 15) is 13.6 Å². The van der Waals surface area contributed by atoms with Gasteiger partial charge in [0.1, 0.15) is 6.61 Å². The minimum Gasteiger partial charge on any atom is -0.390 e. The normalized spacial score (nSPS) is 13.8. The second-order valence-electron chi connectivity index (χ2n) is 3.19. The summed E-state index contributed by atoms with van der Waals surface area (Å²) in [5.74, 6) is -4.06. The fourth-order valence-corrected chi connectivity index (χ4v) is 0.845. The molecule has 0 aliphatic carbocycles. The molecule has 0 aromatic rings. The first-order chi connectivity index (χ1) is 6.43. The Balaban J connectivity index is 3.84. The highest BCUT2D eigenvalue weighted by molar-refractivity contribution is 5.78. The molecular weight excluding hydrogens is 194 g/mol. The van der Waals surface area contributed by atoms with Crippen molar-refractivity contribution in [2.75, 3.05) is 26.7 Å². The molecule has 0 heterocycles. The van der Waals surface area contributed by atoms with Crippen LogP contribution in [-0.4, -0.2) is 43.7 Å². The lowest BCUT2D eigenvalue weighted by Crippen LogP contribution is -2.42. The fraction of sp³-hybridized carbons (Fsp3) is 0.875. The highest BCUT2D eigenvalue weighted by Crippen LogP contribution is 2.09. The average molecular weight is 210 g/mol. The lowest BCUT2D eigenvalue weighted by molar-refractivity contribution is -0.127. The SMILES string of the molecule is CNCC(C)C(=O)NCC(F)(F)CO. The fourth-order valence-electron chi connectivity index (χ4n) is 0.845. The maximum atomic E-state index is 12.5. The molecule has 1 atom stereocenters. The molecule has 0 aliphatic heterocycles. The summed E-state index contributed by atoms with van der Waals surface area (Å²) in [7, 11) is 1.67. The largest absolute Gasteiger partial charge is 0.390 e. The van der Waals surface area contributed by atoms with Crippen LogP contribution in [-0.2, 0) is 4.79 Å². The van der Waals surface area contributed by atoms with Gasteiger partial charge in [0, 0.05) is 12.5 Å². The van der Waals surface area contributed by atoms with Gasteiger partial charge in [-0.15, -0.1) is 0 Å². The van der Waals surface area contributed by atoms with Crippen LogP contribution in [0.2, 0.25) is 0 Å².